The van der Waals surface area contributed by atoms with Gasteiger partial charge >= 0.3 is 0 Å². The fraction of sp³-hybridized carbons (Fsp3) is 0.190. The normalized spacial score (nSPS) is 15.2. The number of rotatable bonds is 2. The van der Waals surface area contributed by atoms with E-state index in [1.807, 2.05) is 18.2 Å². The maximum absolute atomic E-state index is 14.4. The summed E-state index contributed by atoms with van der Waals surface area (Å²) < 4.78 is 14.4. The van der Waals surface area contributed by atoms with E-state index in [-0.39, 0.29) is 11.6 Å². The Hall–Kier alpha value is -3.68. The Labute approximate surface area is 165 Å². The summed E-state index contributed by atoms with van der Waals surface area (Å²) in [5, 5.41) is 14.0. The maximum Gasteiger partial charge on any atom is 0.253 e. The maximum atomic E-state index is 14.4. The predicted molar refractivity (Wildman–Crippen MR) is 105 cm³/mol. The molecule has 0 spiro atoms. The zero-order valence-corrected chi connectivity index (χ0v) is 15.9. The van der Waals surface area contributed by atoms with Crippen molar-refractivity contribution in [1.29, 1.82) is 0 Å². The van der Waals surface area contributed by atoms with Gasteiger partial charge in [0.25, 0.3) is 5.91 Å². The van der Waals surface area contributed by atoms with Crippen molar-refractivity contribution in [2.75, 3.05) is 18.8 Å². The lowest BCUT2D eigenvalue weighted by molar-refractivity contribution is 0.0781. The molecule has 0 aliphatic carbocycles. The average Bonchev–Trinajstić information content (AvgIpc) is 3.14. The zero-order chi connectivity index (χ0) is 20.1. The summed E-state index contributed by atoms with van der Waals surface area (Å²) in [6.07, 6.45) is 2.27. The number of benzene rings is 2. The lowest BCUT2D eigenvalue weighted by Gasteiger charge is -2.25. The third-order valence-corrected chi connectivity index (χ3v) is 5.29. The number of anilines is 1. The molecule has 1 amide bonds. The van der Waals surface area contributed by atoms with E-state index in [1.54, 1.807) is 31.0 Å². The average molecular weight is 391 g/mol. The minimum absolute atomic E-state index is 0.00653. The molecule has 5 rings (SSSR count). The molecule has 2 aliphatic rings. The van der Waals surface area contributed by atoms with E-state index < -0.39 is 5.82 Å². The number of hydrogen-bond donors (Lipinski definition) is 1. The number of aryl methyl sites for hydroxylation is 1. The monoisotopic (exact) mass is 391 g/mol. The van der Waals surface area contributed by atoms with Crippen LogP contribution in [0.2, 0.25) is 0 Å². The van der Waals surface area contributed by atoms with Crippen molar-refractivity contribution in [2.45, 2.75) is 13.3 Å². The van der Waals surface area contributed by atoms with Gasteiger partial charge in [-0.1, -0.05) is 29.4 Å². The van der Waals surface area contributed by atoms with Gasteiger partial charge in [0.05, 0.1) is 0 Å². The fourth-order valence-electron chi connectivity index (χ4n) is 3.66. The number of para-hydroxylation sites is 1. The highest BCUT2D eigenvalue weighted by Crippen LogP contribution is 2.26. The molecule has 3 heterocycles. The quantitative estimate of drug-likeness (QED) is 0.724. The van der Waals surface area contributed by atoms with Gasteiger partial charge in [0.1, 0.15) is 28.3 Å². The molecule has 1 N–H and O–H groups in total. The van der Waals surface area contributed by atoms with Crippen LogP contribution in [0.4, 0.5) is 10.1 Å². The summed E-state index contributed by atoms with van der Waals surface area (Å²) in [5.41, 5.74) is 3.96. The van der Waals surface area contributed by atoms with Crippen molar-refractivity contribution in [1.82, 2.24) is 15.1 Å². The fourth-order valence-corrected chi connectivity index (χ4v) is 3.66. The highest BCUT2D eigenvalue weighted by molar-refractivity contribution is 5.97. The third-order valence-electron chi connectivity index (χ3n) is 5.29. The third kappa shape index (κ3) is 2.75. The van der Waals surface area contributed by atoms with Crippen molar-refractivity contribution >= 4 is 17.9 Å². The molecular weight excluding hydrogens is 373 g/mol. The number of carbonyl (C=O) groups is 1. The number of nitrogens with zero attached hydrogens (tertiary/aromatic N) is 4. The number of amides is 1. The van der Waals surface area contributed by atoms with Gasteiger partial charge in [-0.3, -0.25) is 9.89 Å². The van der Waals surface area contributed by atoms with Crippen molar-refractivity contribution in [3.8, 4) is 11.3 Å². The Morgan fingerprint density at radius 1 is 1.24 bits per heavy atom. The molecule has 0 bridgehead atoms. The summed E-state index contributed by atoms with van der Waals surface area (Å²) in [5.74, 6) is -0.439. The van der Waals surface area contributed by atoms with Gasteiger partial charge in [0, 0.05) is 24.7 Å². The number of H-pyrrole nitrogens is 1. The Morgan fingerprint density at radius 2 is 2.10 bits per heavy atom. The van der Waals surface area contributed by atoms with Crippen LogP contribution < -0.4 is 15.9 Å². The van der Waals surface area contributed by atoms with Crippen LogP contribution in [-0.2, 0) is 11.3 Å². The molecule has 0 saturated heterocycles. The van der Waals surface area contributed by atoms with Crippen LogP contribution in [0.25, 0.3) is 17.5 Å². The molecule has 0 fully saturated rings. The van der Waals surface area contributed by atoms with Crippen LogP contribution in [-0.4, -0.2) is 34.6 Å². The van der Waals surface area contributed by atoms with E-state index in [0.29, 0.717) is 34.1 Å². The van der Waals surface area contributed by atoms with Gasteiger partial charge in [-0.25, -0.2) is 4.39 Å². The van der Waals surface area contributed by atoms with Crippen molar-refractivity contribution in [3.63, 3.8) is 0 Å². The summed E-state index contributed by atoms with van der Waals surface area (Å²) in [7, 11) is 1.80. The van der Waals surface area contributed by atoms with Gasteiger partial charge in [0.15, 0.2) is 5.82 Å². The number of hydrogen-bond acceptors (Lipinski definition) is 5. The number of fused-ring (bicyclic) bond motifs is 2. The number of aromatic nitrogens is 2. The smallest absolute Gasteiger partial charge is 0.253 e. The summed E-state index contributed by atoms with van der Waals surface area (Å²) in [6, 6.07) is 10.5. The lowest BCUT2D eigenvalue weighted by atomic mass is 9.96. The van der Waals surface area contributed by atoms with Gasteiger partial charge in [-0.05, 0) is 36.6 Å². The lowest BCUT2D eigenvalue weighted by Crippen LogP contribution is -2.35. The van der Waals surface area contributed by atoms with Crippen molar-refractivity contribution in [2.24, 2.45) is 5.10 Å². The molecule has 2 aromatic carbocycles. The SMILES string of the molecule is Cc1cccc(F)c1N1N=c2c(-c3ccc4c(c3)C(=O)N(C)CC4)n[nH]c2=CO1. The molecule has 8 heteroatoms. The first kappa shape index (κ1) is 17.4. The Balaban J connectivity index is 1.63. The highest BCUT2D eigenvalue weighted by atomic mass is 19.1. The minimum Gasteiger partial charge on any atom is -0.363 e. The topological polar surface area (TPSA) is 73.8 Å². The second-order valence-electron chi connectivity index (χ2n) is 7.18. The second-order valence-corrected chi connectivity index (χ2v) is 7.18. The minimum atomic E-state index is -0.432. The van der Waals surface area contributed by atoms with Gasteiger partial charge in [0.2, 0.25) is 0 Å². The molecule has 0 unspecified atom stereocenters. The van der Waals surface area contributed by atoms with Crippen LogP contribution in [0.3, 0.4) is 0 Å². The zero-order valence-electron chi connectivity index (χ0n) is 15.9. The largest absolute Gasteiger partial charge is 0.363 e. The Bertz CT molecular complexity index is 1250. The Morgan fingerprint density at radius 3 is 2.93 bits per heavy atom. The number of likely N-dealkylation sites (N-methyl/N-ethyl adjacent to an activating group) is 1. The number of carbonyl (C=O) groups excluding carboxylic acids is 1. The molecule has 1 aromatic heterocycles. The van der Waals surface area contributed by atoms with Gasteiger partial charge < -0.3 is 9.74 Å². The molecule has 0 atom stereocenters. The van der Waals surface area contributed by atoms with E-state index >= 15 is 0 Å². The standard InChI is InChI=1S/C21H18FN5O2/c1-12-4-3-5-16(22)20(12)27-25-19-17(11-29-27)23-24-18(19)14-7-6-13-8-9-26(2)21(28)15(13)10-14/h3-7,10-11,23H,8-9H2,1-2H3. The molecular formula is C21H18FN5O2. The summed E-state index contributed by atoms with van der Waals surface area (Å²) in [4.78, 5) is 19.7. The van der Waals surface area contributed by atoms with Gasteiger partial charge in [-0.15, -0.1) is 5.10 Å². The molecule has 3 aromatic rings. The van der Waals surface area contributed by atoms with Crippen LogP contribution in [0.1, 0.15) is 21.5 Å². The number of halogens is 1. The first-order valence-corrected chi connectivity index (χ1v) is 9.27. The first-order valence-electron chi connectivity index (χ1n) is 9.27. The van der Waals surface area contributed by atoms with E-state index in [1.165, 1.54) is 12.3 Å². The molecule has 2 aliphatic heterocycles. The predicted octanol–water partition coefficient (Wildman–Crippen LogP) is 1.88. The van der Waals surface area contributed by atoms with Crippen LogP contribution >= 0.6 is 0 Å². The molecule has 0 saturated carbocycles. The molecule has 29 heavy (non-hydrogen) atoms. The summed E-state index contributed by atoms with van der Waals surface area (Å²) in [6.45, 7) is 2.50. The van der Waals surface area contributed by atoms with Gasteiger partial charge in [-0.2, -0.15) is 5.10 Å². The van der Waals surface area contributed by atoms with Crippen molar-refractivity contribution in [3.05, 3.63) is 69.6 Å². The van der Waals surface area contributed by atoms with Crippen molar-refractivity contribution < 1.29 is 14.0 Å². The molecule has 7 nitrogen and oxygen atoms in total. The van der Waals surface area contributed by atoms with Crippen LogP contribution in [0.5, 0.6) is 0 Å². The van der Waals surface area contributed by atoms with E-state index in [2.05, 4.69) is 15.3 Å². The van der Waals surface area contributed by atoms with E-state index in [4.69, 9.17) is 4.84 Å². The number of nitrogens with one attached hydrogen (secondary N) is 1. The van der Waals surface area contributed by atoms with E-state index in [0.717, 1.165) is 22.7 Å². The summed E-state index contributed by atoms with van der Waals surface area (Å²) >= 11 is 0. The molecule has 0 radical (unpaired) electrons. The second kappa shape index (κ2) is 6.44. The number of aromatic amines is 1. The Kier molecular flexibility index (Phi) is 3.87. The van der Waals surface area contributed by atoms with Crippen LogP contribution in [0, 0.1) is 12.7 Å². The first-order chi connectivity index (χ1) is 14.0. The van der Waals surface area contributed by atoms with Crippen LogP contribution in [0.15, 0.2) is 41.5 Å². The molecule has 146 valence electrons. The highest BCUT2D eigenvalue weighted by Gasteiger charge is 2.24. The van der Waals surface area contributed by atoms with E-state index in [9.17, 15) is 9.18 Å².